The van der Waals surface area contributed by atoms with Crippen LogP contribution in [-0.2, 0) is 6.54 Å². The minimum Gasteiger partial charge on any atom is -0.312 e. The smallest absolute Gasteiger partial charge is 0.137 e. The van der Waals surface area contributed by atoms with Crippen LogP contribution in [0.5, 0.6) is 0 Å². The maximum absolute atomic E-state index is 13.3. The van der Waals surface area contributed by atoms with Gasteiger partial charge in [-0.3, -0.25) is 0 Å². The molecule has 0 bridgehead atoms. The molecule has 0 saturated carbocycles. The van der Waals surface area contributed by atoms with Gasteiger partial charge < -0.3 is 5.32 Å². The van der Waals surface area contributed by atoms with Gasteiger partial charge in [0.15, 0.2) is 0 Å². The van der Waals surface area contributed by atoms with Crippen LogP contribution in [0.3, 0.4) is 0 Å². The molecule has 0 heterocycles. The molecule has 0 spiro atoms. The van der Waals surface area contributed by atoms with Gasteiger partial charge in [-0.1, -0.05) is 39.8 Å². The molecular formula is C15H23BrFN. The molecule has 1 nitrogen and oxygen atoms in total. The van der Waals surface area contributed by atoms with Gasteiger partial charge in [0.2, 0.25) is 0 Å². The van der Waals surface area contributed by atoms with Crippen LogP contribution in [0.4, 0.5) is 4.39 Å². The third kappa shape index (κ3) is 4.36. The molecule has 0 radical (unpaired) electrons. The molecule has 0 atom stereocenters. The Kier molecular flexibility index (Phi) is 6.30. The summed E-state index contributed by atoms with van der Waals surface area (Å²) in [7, 11) is 0. The maximum Gasteiger partial charge on any atom is 0.137 e. The molecule has 1 aromatic rings. The molecule has 0 aliphatic heterocycles. The summed E-state index contributed by atoms with van der Waals surface area (Å²) in [6.45, 7) is 10.7. The summed E-state index contributed by atoms with van der Waals surface area (Å²) in [5.41, 5.74) is 0.973. The molecule has 0 saturated heterocycles. The predicted molar refractivity (Wildman–Crippen MR) is 79.0 cm³/mol. The Morgan fingerprint density at radius 2 is 1.78 bits per heavy atom. The van der Waals surface area contributed by atoms with Gasteiger partial charge in [0.25, 0.3) is 0 Å². The Bertz CT molecular complexity index is 369. The summed E-state index contributed by atoms with van der Waals surface area (Å²) in [4.78, 5) is 0. The highest BCUT2D eigenvalue weighted by Crippen LogP contribution is 2.22. The van der Waals surface area contributed by atoms with Crippen LogP contribution < -0.4 is 5.32 Å². The van der Waals surface area contributed by atoms with E-state index in [9.17, 15) is 4.39 Å². The summed E-state index contributed by atoms with van der Waals surface area (Å²) in [5.74, 6) is 1.78. The van der Waals surface area contributed by atoms with Crippen LogP contribution in [0.2, 0.25) is 0 Å². The Hall–Kier alpha value is -0.410. The van der Waals surface area contributed by atoms with E-state index < -0.39 is 0 Å². The van der Waals surface area contributed by atoms with Crippen molar-refractivity contribution in [2.75, 3.05) is 6.54 Å². The third-order valence-electron chi connectivity index (χ3n) is 3.44. The second-order valence-corrected chi connectivity index (χ2v) is 6.29. The summed E-state index contributed by atoms with van der Waals surface area (Å²) in [6.07, 6.45) is 0. The van der Waals surface area contributed by atoms with Crippen LogP contribution >= 0.6 is 15.9 Å². The van der Waals surface area contributed by atoms with Crippen molar-refractivity contribution >= 4 is 15.9 Å². The van der Waals surface area contributed by atoms with Crippen molar-refractivity contribution in [3.05, 3.63) is 34.1 Å². The van der Waals surface area contributed by atoms with Gasteiger partial charge in [-0.05, 0) is 51.9 Å². The molecule has 1 N–H and O–H groups in total. The van der Waals surface area contributed by atoms with E-state index >= 15 is 0 Å². The van der Waals surface area contributed by atoms with Gasteiger partial charge in [0.1, 0.15) is 5.82 Å². The van der Waals surface area contributed by atoms with E-state index in [4.69, 9.17) is 0 Å². The molecule has 3 heteroatoms. The molecule has 102 valence electrons. The zero-order valence-corrected chi connectivity index (χ0v) is 13.2. The Morgan fingerprint density at radius 3 is 2.33 bits per heavy atom. The van der Waals surface area contributed by atoms with Crippen LogP contribution in [0.1, 0.15) is 33.3 Å². The van der Waals surface area contributed by atoms with Crippen molar-refractivity contribution in [1.29, 1.82) is 0 Å². The summed E-state index contributed by atoms with van der Waals surface area (Å²) in [5, 5.41) is 3.44. The van der Waals surface area contributed by atoms with E-state index in [1.807, 2.05) is 6.07 Å². The fraction of sp³-hybridized carbons (Fsp3) is 0.600. The average molecular weight is 316 g/mol. The lowest BCUT2D eigenvalue weighted by Gasteiger charge is -2.25. The largest absolute Gasteiger partial charge is 0.312 e. The number of nitrogens with one attached hydrogen (secondary N) is 1. The molecule has 1 aromatic carbocycles. The second-order valence-electron chi connectivity index (χ2n) is 5.50. The van der Waals surface area contributed by atoms with Crippen molar-refractivity contribution in [2.24, 2.45) is 17.8 Å². The zero-order chi connectivity index (χ0) is 13.7. The Labute approximate surface area is 118 Å². The maximum atomic E-state index is 13.3. The molecule has 1 rings (SSSR count). The zero-order valence-electron chi connectivity index (χ0n) is 11.6. The Balaban J connectivity index is 2.53. The van der Waals surface area contributed by atoms with Crippen LogP contribution in [0, 0.1) is 23.6 Å². The van der Waals surface area contributed by atoms with Gasteiger partial charge in [0.05, 0.1) is 4.47 Å². The SMILES string of the molecule is CC(C)C(CNCc1cccc(F)c1Br)C(C)C. The molecule has 0 aliphatic rings. The summed E-state index contributed by atoms with van der Waals surface area (Å²) in [6, 6.07) is 5.16. The quantitative estimate of drug-likeness (QED) is 0.808. The molecule has 0 fully saturated rings. The third-order valence-corrected chi connectivity index (χ3v) is 4.33. The summed E-state index contributed by atoms with van der Waals surface area (Å²) >= 11 is 3.29. The fourth-order valence-corrected chi connectivity index (χ4v) is 2.70. The molecule has 18 heavy (non-hydrogen) atoms. The van der Waals surface area contributed by atoms with Crippen molar-refractivity contribution in [1.82, 2.24) is 5.32 Å². The van der Waals surface area contributed by atoms with Crippen molar-refractivity contribution in [3.8, 4) is 0 Å². The minimum atomic E-state index is -0.196. The minimum absolute atomic E-state index is 0.196. The highest BCUT2D eigenvalue weighted by atomic mass is 79.9. The fourth-order valence-electron chi connectivity index (χ4n) is 2.30. The lowest BCUT2D eigenvalue weighted by Crippen LogP contribution is -2.29. The van der Waals surface area contributed by atoms with Gasteiger partial charge in [-0.25, -0.2) is 4.39 Å². The number of benzene rings is 1. The number of rotatable bonds is 6. The topological polar surface area (TPSA) is 12.0 Å². The van der Waals surface area contributed by atoms with Crippen molar-refractivity contribution < 1.29 is 4.39 Å². The van der Waals surface area contributed by atoms with E-state index in [0.29, 0.717) is 28.8 Å². The number of hydrogen-bond acceptors (Lipinski definition) is 1. The van der Waals surface area contributed by atoms with Gasteiger partial charge in [-0.15, -0.1) is 0 Å². The lowest BCUT2D eigenvalue weighted by atomic mass is 9.85. The molecule has 0 aliphatic carbocycles. The van der Waals surface area contributed by atoms with Gasteiger partial charge in [0, 0.05) is 6.54 Å². The first-order valence-electron chi connectivity index (χ1n) is 6.57. The van der Waals surface area contributed by atoms with Crippen molar-refractivity contribution in [2.45, 2.75) is 34.2 Å². The lowest BCUT2D eigenvalue weighted by molar-refractivity contribution is 0.275. The molecule has 0 unspecified atom stereocenters. The van der Waals surface area contributed by atoms with E-state index in [1.54, 1.807) is 6.07 Å². The Morgan fingerprint density at radius 1 is 1.17 bits per heavy atom. The van der Waals surface area contributed by atoms with Gasteiger partial charge in [-0.2, -0.15) is 0 Å². The van der Waals surface area contributed by atoms with E-state index in [2.05, 4.69) is 48.9 Å². The van der Waals surface area contributed by atoms with Gasteiger partial charge >= 0.3 is 0 Å². The van der Waals surface area contributed by atoms with E-state index in [1.165, 1.54) is 6.07 Å². The highest BCUT2D eigenvalue weighted by molar-refractivity contribution is 9.10. The monoisotopic (exact) mass is 315 g/mol. The van der Waals surface area contributed by atoms with Crippen LogP contribution in [-0.4, -0.2) is 6.54 Å². The summed E-state index contributed by atoms with van der Waals surface area (Å²) < 4.78 is 13.9. The first-order chi connectivity index (χ1) is 8.43. The van der Waals surface area contributed by atoms with Crippen molar-refractivity contribution in [3.63, 3.8) is 0 Å². The second kappa shape index (κ2) is 7.25. The molecule has 0 aromatic heterocycles. The van der Waals surface area contributed by atoms with Crippen LogP contribution in [0.25, 0.3) is 0 Å². The first-order valence-corrected chi connectivity index (χ1v) is 7.36. The number of hydrogen-bond donors (Lipinski definition) is 1. The standard InChI is InChI=1S/C15H23BrFN/c1-10(2)13(11(3)4)9-18-8-12-6-5-7-14(17)15(12)16/h5-7,10-11,13,18H,8-9H2,1-4H3. The average Bonchev–Trinajstić information content (AvgIpc) is 2.28. The molecule has 0 amide bonds. The number of halogens is 2. The highest BCUT2D eigenvalue weighted by Gasteiger charge is 2.17. The van der Waals surface area contributed by atoms with E-state index in [0.717, 1.165) is 12.1 Å². The van der Waals surface area contributed by atoms with Crippen LogP contribution in [0.15, 0.2) is 22.7 Å². The predicted octanol–water partition coefficient (Wildman–Crippen LogP) is 4.61. The first kappa shape index (κ1) is 15.6. The van der Waals surface area contributed by atoms with E-state index in [-0.39, 0.29) is 5.82 Å². The molecular weight excluding hydrogens is 293 g/mol. The normalized spacial score (nSPS) is 11.8.